The molecule has 0 radical (unpaired) electrons. The lowest BCUT2D eigenvalue weighted by Crippen LogP contribution is -2.33. The zero-order valence-electron chi connectivity index (χ0n) is 11.0. The van der Waals surface area contributed by atoms with Crippen molar-refractivity contribution >= 4 is 23.2 Å². The number of rotatable bonds is 3. The summed E-state index contributed by atoms with van der Waals surface area (Å²) in [7, 11) is 0. The zero-order valence-corrected chi connectivity index (χ0v) is 11.8. The van der Waals surface area contributed by atoms with Crippen molar-refractivity contribution in [1.82, 2.24) is 0 Å². The summed E-state index contributed by atoms with van der Waals surface area (Å²) in [6.45, 7) is 2.05. The van der Waals surface area contributed by atoms with Crippen LogP contribution >= 0.6 is 11.6 Å². The lowest BCUT2D eigenvalue weighted by molar-refractivity contribution is -0.125. The minimum atomic E-state index is -0.269. The Kier molecular flexibility index (Phi) is 4.11. The van der Waals surface area contributed by atoms with Gasteiger partial charge in [-0.2, -0.15) is 5.26 Å². The predicted molar refractivity (Wildman–Crippen MR) is 76.0 cm³/mol. The quantitative estimate of drug-likeness (QED) is 0.903. The lowest BCUT2D eigenvalue weighted by Gasteiger charge is -2.26. The van der Waals surface area contributed by atoms with Crippen molar-refractivity contribution in [3.8, 4) is 6.07 Å². The van der Waals surface area contributed by atoms with Crippen LogP contribution in [0.4, 0.5) is 5.69 Å². The number of amides is 1. The Balaban J connectivity index is 2.24. The smallest absolute Gasteiger partial charge is 0.230 e. The van der Waals surface area contributed by atoms with E-state index < -0.39 is 0 Å². The second kappa shape index (κ2) is 5.63. The highest BCUT2D eigenvalue weighted by Gasteiger charge is 2.39. The largest absolute Gasteiger partial charge is 0.324 e. The van der Waals surface area contributed by atoms with Crippen molar-refractivity contribution in [3.05, 3.63) is 28.8 Å². The minimum Gasteiger partial charge on any atom is -0.324 e. The van der Waals surface area contributed by atoms with Crippen molar-refractivity contribution in [1.29, 1.82) is 5.26 Å². The predicted octanol–water partition coefficient (Wildman–Crippen LogP) is 4.12. The average molecular weight is 277 g/mol. The third-order valence-electron chi connectivity index (χ3n) is 4.07. The van der Waals surface area contributed by atoms with Gasteiger partial charge in [-0.3, -0.25) is 4.79 Å². The van der Waals surface area contributed by atoms with E-state index in [1.54, 1.807) is 18.2 Å². The van der Waals surface area contributed by atoms with Crippen LogP contribution in [0.25, 0.3) is 0 Å². The Morgan fingerprint density at radius 3 is 2.74 bits per heavy atom. The fraction of sp³-hybridized carbons (Fsp3) is 0.467. The van der Waals surface area contributed by atoms with Gasteiger partial charge in [0.2, 0.25) is 5.91 Å². The van der Waals surface area contributed by atoms with E-state index in [1.807, 2.05) is 6.92 Å². The molecular formula is C15H17ClN2O. The number of hydrogen-bond donors (Lipinski definition) is 1. The van der Waals surface area contributed by atoms with E-state index in [0.717, 1.165) is 32.1 Å². The molecule has 0 unspecified atom stereocenters. The number of hydrogen-bond acceptors (Lipinski definition) is 2. The van der Waals surface area contributed by atoms with Crippen molar-refractivity contribution in [3.63, 3.8) is 0 Å². The SMILES string of the molecule is CCC1(C(=O)Nc2cc(Cl)ccc2C#N)CCCC1. The van der Waals surface area contributed by atoms with Gasteiger partial charge in [-0.05, 0) is 37.5 Å². The van der Waals surface area contributed by atoms with Crippen LogP contribution in [0.15, 0.2) is 18.2 Å². The summed E-state index contributed by atoms with van der Waals surface area (Å²) < 4.78 is 0. The number of carbonyl (C=O) groups is 1. The van der Waals surface area contributed by atoms with Gasteiger partial charge in [0.1, 0.15) is 6.07 Å². The van der Waals surface area contributed by atoms with Gasteiger partial charge < -0.3 is 5.32 Å². The Bertz CT molecular complexity index is 527. The molecule has 0 atom stereocenters. The molecule has 2 rings (SSSR count). The molecule has 1 aromatic rings. The fourth-order valence-corrected chi connectivity index (χ4v) is 2.94. The van der Waals surface area contributed by atoms with Crippen molar-refractivity contribution < 1.29 is 4.79 Å². The van der Waals surface area contributed by atoms with E-state index in [-0.39, 0.29) is 11.3 Å². The van der Waals surface area contributed by atoms with Gasteiger partial charge in [-0.1, -0.05) is 31.4 Å². The van der Waals surface area contributed by atoms with E-state index in [9.17, 15) is 4.79 Å². The number of nitriles is 1. The van der Waals surface area contributed by atoms with Crippen LogP contribution in [0, 0.1) is 16.7 Å². The fourth-order valence-electron chi connectivity index (χ4n) is 2.77. The highest BCUT2D eigenvalue weighted by Crippen LogP contribution is 2.42. The summed E-state index contributed by atoms with van der Waals surface area (Å²) in [6.07, 6.45) is 4.89. The number of anilines is 1. The van der Waals surface area contributed by atoms with Gasteiger partial charge in [-0.15, -0.1) is 0 Å². The van der Waals surface area contributed by atoms with Crippen LogP contribution in [-0.2, 0) is 4.79 Å². The maximum absolute atomic E-state index is 12.5. The maximum atomic E-state index is 12.5. The first-order chi connectivity index (χ1) is 9.11. The van der Waals surface area contributed by atoms with Gasteiger partial charge >= 0.3 is 0 Å². The van der Waals surface area contributed by atoms with Crippen LogP contribution < -0.4 is 5.32 Å². The summed E-state index contributed by atoms with van der Waals surface area (Å²) in [5.74, 6) is 0.0197. The highest BCUT2D eigenvalue weighted by atomic mass is 35.5. The molecule has 1 fully saturated rings. The molecule has 4 heteroatoms. The average Bonchev–Trinajstić information content (AvgIpc) is 2.89. The first-order valence-corrected chi connectivity index (χ1v) is 7.00. The summed E-state index contributed by atoms with van der Waals surface area (Å²) >= 11 is 5.92. The minimum absolute atomic E-state index is 0.0197. The third-order valence-corrected chi connectivity index (χ3v) is 4.30. The van der Waals surface area contributed by atoms with Crippen molar-refractivity contribution in [2.75, 3.05) is 5.32 Å². The lowest BCUT2D eigenvalue weighted by atomic mass is 9.82. The van der Waals surface area contributed by atoms with E-state index >= 15 is 0 Å². The molecule has 0 bridgehead atoms. The number of nitrogens with zero attached hydrogens (tertiary/aromatic N) is 1. The second-order valence-corrected chi connectivity index (χ2v) is 5.53. The molecule has 1 N–H and O–H groups in total. The van der Waals surface area contributed by atoms with Gasteiger partial charge in [0.05, 0.1) is 11.3 Å². The second-order valence-electron chi connectivity index (χ2n) is 5.10. The standard InChI is InChI=1S/C15H17ClN2O/c1-2-15(7-3-4-8-15)14(19)18-13-9-12(16)6-5-11(13)10-17/h5-6,9H,2-4,7-8H2,1H3,(H,18,19). The van der Waals surface area contributed by atoms with Crippen LogP contribution in [0.5, 0.6) is 0 Å². The molecule has 0 aliphatic heterocycles. The zero-order chi connectivity index (χ0) is 13.9. The molecule has 0 aromatic heterocycles. The Morgan fingerprint density at radius 1 is 1.47 bits per heavy atom. The molecule has 100 valence electrons. The summed E-state index contributed by atoms with van der Waals surface area (Å²) in [5, 5.41) is 12.5. The van der Waals surface area contributed by atoms with E-state index in [2.05, 4.69) is 11.4 Å². The van der Waals surface area contributed by atoms with Gasteiger partial charge in [0, 0.05) is 10.4 Å². The van der Waals surface area contributed by atoms with Crippen LogP contribution in [-0.4, -0.2) is 5.91 Å². The van der Waals surface area contributed by atoms with E-state index in [4.69, 9.17) is 16.9 Å². The number of halogens is 1. The molecule has 0 heterocycles. The molecule has 0 spiro atoms. The van der Waals surface area contributed by atoms with Crippen LogP contribution in [0.1, 0.15) is 44.6 Å². The first kappa shape index (κ1) is 13.9. The van der Waals surface area contributed by atoms with Crippen molar-refractivity contribution in [2.45, 2.75) is 39.0 Å². The molecule has 3 nitrogen and oxygen atoms in total. The summed E-state index contributed by atoms with van der Waals surface area (Å²) in [4.78, 5) is 12.5. The molecule has 0 saturated heterocycles. The molecule has 1 aliphatic carbocycles. The maximum Gasteiger partial charge on any atom is 0.230 e. The van der Waals surface area contributed by atoms with Crippen molar-refractivity contribution in [2.24, 2.45) is 5.41 Å². The topological polar surface area (TPSA) is 52.9 Å². The van der Waals surface area contributed by atoms with E-state index in [0.29, 0.717) is 16.3 Å². The first-order valence-electron chi connectivity index (χ1n) is 6.62. The van der Waals surface area contributed by atoms with Crippen LogP contribution in [0.3, 0.4) is 0 Å². The molecule has 1 aromatic carbocycles. The third kappa shape index (κ3) is 2.74. The molecule has 1 amide bonds. The van der Waals surface area contributed by atoms with Gasteiger partial charge in [0.15, 0.2) is 0 Å². The summed E-state index contributed by atoms with van der Waals surface area (Å²) in [6, 6.07) is 7.00. The normalized spacial score (nSPS) is 16.9. The van der Waals surface area contributed by atoms with Crippen LogP contribution in [0.2, 0.25) is 5.02 Å². The van der Waals surface area contributed by atoms with Gasteiger partial charge in [0.25, 0.3) is 0 Å². The number of benzene rings is 1. The van der Waals surface area contributed by atoms with E-state index in [1.165, 1.54) is 0 Å². The molecular weight excluding hydrogens is 260 g/mol. The Hall–Kier alpha value is -1.53. The monoisotopic (exact) mass is 276 g/mol. The highest BCUT2D eigenvalue weighted by molar-refractivity contribution is 6.31. The number of nitrogens with one attached hydrogen (secondary N) is 1. The Morgan fingerprint density at radius 2 is 2.16 bits per heavy atom. The number of carbonyl (C=O) groups excluding carboxylic acids is 1. The Labute approximate surface area is 118 Å². The molecule has 1 aliphatic rings. The van der Waals surface area contributed by atoms with Gasteiger partial charge in [-0.25, -0.2) is 0 Å². The summed E-state index contributed by atoms with van der Waals surface area (Å²) in [5.41, 5.74) is 0.691. The molecule has 1 saturated carbocycles. The molecule has 19 heavy (non-hydrogen) atoms.